The number of nitrogens with zero attached hydrogens (tertiary/aromatic N) is 2. The molecule has 17 heavy (non-hydrogen) atoms. The van der Waals surface area contributed by atoms with Gasteiger partial charge in [0, 0.05) is 30.6 Å². The topological polar surface area (TPSA) is 64.9 Å². The molecule has 5 nitrogen and oxygen atoms in total. The molecule has 2 amide bonds. The van der Waals surface area contributed by atoms with Gasteiger partial charge >= 0.3 is 6.03 Å². The van der Waals surface area contributed by atoms with E-state index < -0.39 is 0 Å². The molecular formula is C11H12ClN3O2. The van der Waals surface area contributed by atoms with Crippen LogP contribution in [0.2, 0.25) is 5.02 Å². The highest BCUT2D eigenvalue weighted by atomic mass is 35.5. The zero-order valence-electron chi connectivity index (χ0n) is 9.27. The number of amides is 2. The molecule has 0 saturated carbocycles. The number of anilines is 1. The highest BCUT2D eigenvalue weighted by Crippen LogP contribution is 2.29. The first-order chi connectivity index (χ1) is 8.17. The summed E-state index contributed by atoms with van der Waals surface area (Å²) in [5, 5.41) is 15.3. The van der Waals surface area contributed by atoms with Gasteiger partial charge in [0.25, 0.3) is 0 Å². The minimum Gasteiger partial charge on any atom is -0.411 e. The first-order valence-corrected chi connectivity index (χ1v) is 5.55. The van der Waals surface area contributed by atoms with Gasteiger partial charge in [0.05, 0.1) is 11.4 Å². The van der Waals surface area contributed by atoms with Gasteiger partial charge in [0.1, 0.15) is 0 Å². The van der Waals surface area contributed by atoms with Gasteiger partial charge < -0.3 is 10.5 Å². The molecule has 2 N–H and O–H groups in total. The molecule has 0 fully saturated rings. The summed E-state index contributed by atoms with van der Waals surface area (Å²) in [5.74, 6) is 0. The normalized spacial score (nSPS) is 16.8. The number of halogens is 1. The van der Waals surface area contributed by atoms with Crippen LogP contribution < -0.4 is 10.2 Å². The lowest BCUT2D eigenvalue weighted by Crippen LogP contribution is -2.42. The van der Waals surface area contributed by atoms with E-state index in [0.29, 0.717) is 35.0 Å². The number of nitrogens with one attached hydrogen (secondary N) is 1. The van der Waals surface area contributed by atoms with Gasteiger partial charge in [0.2, 0.25) is 0 Å². The van der Waals surface area contributed by atoms with Crippen molar-refractivity contribution in [1.82, 2.24) is 5.32 Å². The smallest absolute Gasteiger partial charge is 0.321 e. The van der Waals surface area contributed by atoms with E-state index >= 15 is 0 Å². The Bertz CT molecular complexity index is 488. The summed E-state index contributed by atoms with van der Waals surface area (Å²) in [7, 11) is 1.58. The molecule has 0 bridgehead atoms. The standard InChI is InChI=1S/C11H12ClN3O2/c1-13-11(16)15-5-4-9(14-17)8-6-7(12)2-3-10(8)15/h2-3,6,17H,4-5H2,1H3,(H,13,16)/b14-9+. The summed E-state index contributed by atoms with van der Waals surface area (Å²) < 4.78 is 0. The molecule has 90 valence electrons. The lowest BCUT2D eigenvalue weighted by atomic mass is 10.00. The molecule has 0 atom stereocenters. The number of rotatable bonds is 0. The molecule has 1 aliphatic heterocycles. The first-order valence-electron chi connectivity index (χ1n) is 5.17. The number of urea groups is 1. The maximum Gasteiger partial charge on any atom is 0.321 e. The van der Waals surface area contributed by atoms with E-state index in [4.69, 9.17) is 16.8 Å². The summed E-state index contributed by atoms with van der Waals surface area (Å²) >= 11 is 5.90. The van der Waals surface area contributed by atoms with Crippen LogP contribution in [0.15, 0.2) is 23.4 Å². The second-order valence-electron chi connectivity index (χ2n) is 3.66. The van der Waals surface area contributed by atoms with E-state index in [2.05, 4.69) is 10.5 Å². The van der Waals surface area contributed by atoms with Crippen LogP contribution in [0.4, 0.5) is 10.5 Å². The molecule has 0 radical (unpaired) electrons. The molecule has 0 aliphatic carbocycles. The SMILES string of the molecule is CNC(=O)N1CC/C(=N\O)c2cc(Cl)ccc21. The third-order valence-electron chi connectivity index (χ3n) is 2.71. The van der Waals surface area contributed by atoms with Crippen molar-refractivity contribution in [1.29, 1.82) is 0 Å². The minimum atomic E-state index is -0.189. The zero-order valence-corrected chi connectivity index (χ0v) is 10.0. The highest BCUT2D eigenvalue weighted by Gasteiger charge is 2.26. The van der Waals surface area contributed by atoms with E-state index in [0.717, 1.165) is 0 Å². The van der Waals surface area contributed by atoms with Crippen LogP contribution in [0.3, 0.4) is 0 Å². The van der Waals surface area contributed by atoms with Gasteiger partial charge in [-0.15, -0.1) is 0 Å². The summed E-state index contributed by atoms with van der Waals surface area (Å²) in [6.07, 6.45) is 0.497. The zero-order chi connectivity index (χ0) is 12.4. The number of carbonyl (C=O) groups is 1. The molecule has 1 aromatic carbocycles. The number of hydrogen-bond donors (Lipinski definition) is 2. The average Bonchev–Trinajstić information content (AvgIpc) is 2.36. The first kappa shape index (κ1) is 11.7. The van der Waals surface area contributed by atoms with Gasteiger partial charge in [-0.25, -0.2) is 4.79 Å². The Labute approximate surface area is 104 Å². The molecule has 1 aromatic rings. The Morgan fingerprint density at radius 3 is 3.00 bits per heavy atom. The summed E-state index contributed by atoms with van der Waals surface area (Å²) in [4.78, 5) is 13.3. The molecule has 2 rings (SSSR count). The Kier molecular flexibility index (Phi) is 3.19. The Hall–Kier alpha value is -1.75. The van der Waals surface area contributed by atoms with Crippen molar-refractivity contribution in [3.8, 4) is 0 Å². The lowest BCUT2D eigenvalue weighted by molar-refractivity contribution is 0.248. The van der Waals surface area contributed by atoms with Gasteiger partial charge in [0.15, 0.2) is 0 Å². The third kappa shape index (κ3) is 2.06. The van der Waals surface area contributed by atoms with Crippen LogP contribution in [0, 0.1) is 0 Å². The fourth-order valence-corrected chi connectivity index (χ4v) is 2.07. The predicted molar refractivity (Wildman–Crippen MR) is 66.2 cm³/mol. The van der Waals surface area contributed by atoms with E-state index in [1.54, 1.807) is 30.1 Å². The van der Waals surface area contributed by atoms with E-state index in [9.17, 15) is 4.79 Å². The van der Waals surface area contributed by atoms with Crippen LogP contribution in [0.1, 0.15) is 12.0 Å². The molecule has 6 heteroatoms. The molecule has 0 saturated heterocycles. The number of benzene rings is 1. The van der Waals surface area contributed by atoms with Crippen LogP contribution >= 0.6 is 11.6 Å². The van der Waals surface area contributed by atoms with Crippen LogP contribution in [0.25, 0.3) is 0 Å². The van der Waals surface area contributed by atoms with Crippen molar-refractivity contribution in [2.75, 3.05) is 18.5 Å². The highest BCUT2D eigenvalue weighted by molar-refractivity contribution is 6.31. The second kappa shape index (κ2) is 4.63. The van der Waals surface area contributed by atoms with Crippen LogP contribution in [0.5, 0.6) is 0 Å². The fourth-order valence-electron chi connectivity index (χ4n) is 1.90. The molecule has 0 unspecified atom stereocenters. The average molecular weight is 254 g/mol. The number of oxime groups is 1. The quantitative estimate of drug-likeness (QED) is 0.549. The second-order valence-corrected chi connectivity index (χ2v) is 4.10. The van der Waals surface area contributed by atoms with Crippen molar-refractivity contribution in [2.45, 2.75) is 6.42 Å². The van der Waals surface area contributed by atoms with E-state index in [-0.39, 0.29) is 6.03 Å². The maximum absolute atomic E-state index is 11.7. The number of carbonyl (C=O) groups excluding carboxylic acids is 1. The monoisotopic (exact) mass is 253 g/mol. The molecule has 1 heterocycles. The summed E-state index contributed by atoms with van der Waals surface area (Å²) in [6.45, 7) is 0.480. The van der Waals surface area contributed by atoms with Crippen molar-refractivity contribution in [3.63, 3.8) is 0 Å². The van der Waals surface area contributed by atoms with Crippen molar-refractivity contribution in [3.05, 3.63) is 28.8 Å². The van der Waals surface area contributed by atoms with E-state index in [1.165, 1.54) is 0 Å². The summed E-state index contributed by atoms with van der Waals surface area (Å²) in [5.41, 5.74) is 1.94. The van der Waals surface area contributed by atoms with Gasteiger partial charge in [-0.05, 0) is 18.2 Å². The lowest BCUT2D eigenvalue weighted by Gasteiger charge is -2.29. The molecule has 1 aliphatic rings. The fraction of sp³-hybridized carbons (Fsp3) is 0.273. The largest absolute Gasteiger partial charge is 0.411 e. The molecule has 0 aromatic heterocycles. The molecular weight excluding hydrogens is 242 g/mol. The van der Waals surface area contributed by atoms with Crippen LogP contribution in [-0.4, -0.2) is 30.5 Å². The van der Waals surface area contributed by atoms with Gasteiger partial charge in [-0.1, -0.05) is 16.8 Å². The number of hydrogen-bond acceptors (Lipinski definition) is 3. The molecule has 0 spiro atoms. The van der Waals surface area contributed by atoms with Crippen molar-refractivity contribution < 1.29 is 10.0 Å². The van der Waals surface area contributed by atoms with E-state index in [1.807, 2.05) is 0 Å². The summed E-state index contributed by atoms with van der Waals surface area (Å²) in [6, 6.07) is 4.96. The third-order valence-corrected chi connectivity index (χ3v) is 2.95. The minimum absolute atomic E-state index is 0.189. The van der Waals surface area contributed by atoms with Crippen LogP contribution in [-0.2, 0) is 0 Å². The van der Waals surface area contributed by atoms with Crippen molar-refractivity contribution >= 4 is 29.0 Å². The van der Waals surface area contributed by atoms with Gasteiger partial charge in [-0.2, -0.15) is 0 Å². The Balaban J connectivity index is 2.51. The van der Waals surface area contributed by atoms with Crippen molar-refractivity contribution in [2.24, 2.45) is 5.16 Å². The Morgan fingerprint density at radius 1 is 1.59 bits per heavy atom. The number of fused-ring (bicyclic) bond motifs is 1. The Morgan fingerprint density at radius 2 is 2.35 bits per heavy atom. The predicted octanol–water partition coefficient (Wildman–Crippen LogP) is 2.07. The van der Waals surface area contributed by atoms with Gasteiger partial charge in [-0.3, -0.25) is 4.90 Å². The maximum atomic E-state index is 11.7.